The first-order valence-corrected chi connectivity index (χ1v) is 5.28. The number of allylic oxidation sites excluding steroid dienone is 2. The summed E-state index contributed by atoms with van der Waals surface area (Å²) in [6.07, 6.45) is 4.80. The maximum atomic E-state index is 11.0. The van der Waals surface area contributed by atoms with E-state index in [1.807, 2.05) is 13.8 Å². The minimum absolute atomic E-state index is 0.117. The summed E-state index contributed by atoms with van der Waals surface area (Å²) in [5, 5.41) is 12.6. The van der Waals surface area contributed by atoms with Gasteiger partial charge in [-0.05, 0) is 19.3 Å². The lowest BCUT2D eigenvalue weighted by Gasteiger charge is -2.32. The van der Waals surface area contributed by atoms with E-state index in [1.54, 1.807) is 6.08 Å². The molecule has 0 atom stereocenters. The van der Waals surface area contributed by atoms with Crippen molar-refractivity contribution in [1.82, 2.24) is 5.32 Å². The normalized spacial score (nSPS) is 17.1. The van der Waals surface area contributed by atoms with Gasteiger partial charge in [0.25, 0.3) is 0 Å². The zero-order valence-corrected chi connectivity index (χ0v) is 8.97. The molecule has 0 saturated carbocycles. The van der Waals surface area contributed by atoms with Gasteiger partial charge in [0.05, 0.1) is 12.1 Å². The number of rotatable bonds is 5. The third-order valence-electron chi connectivity index (χ3n) is 3.06. The molecule has 0 spiro atoms. The summed E-state index contributed by atoms with van der Waals surface area (Å²) >= 11 is 0. The quantitative estimate of drug-likeness (QED) is 0.700. The Bertz CT molecular complexity index is 233. The molecule has 0 aliphatic heterocycles. The average Bonchev–Trinajstić information content (AvgIpc) is 2.61. The number of carbonyl (C=O) groups excluding carboxylic acids is 1. The average molecular weight is 197 g/mol. The van der Waals surface area contributed by atoms with Crippen LogP contribution in [0.3, 0.4) is 0 Å². The Hall–Kier alpha value is -0.830. The smallest absolute Gasteiger partial charge is 0.157 e. The van der Waals surface area contributed by atoms with Gasteiger partial charge in [0.15, 0.2) is 5.78 Å². The van der Waals surface area contributed by atoms with Crippen LogP contribution in [0, 0.1) is 0 Å². The molecular weight excluding hydrogens is 178 g/mol. The predicted octanol–water partition coefficient (Wildman–Crippen LogP) is 1.37. The van der Waals surface area contributed by atoms with Crippen molar-refractivity contribution in [2.75, 3.05) is 6.61 Å². The summed E-state index contributed by atoms with van der Waals surface area (Å²) in [5.41, 5.74) is 0.740. The van der Waals surface area contributed by atoms with Crippen molar-refractivity contribution in [3.05, 3.63) is 11.8 Å². The molecule has 1 rings (SSSR count). The number of carbonyl (C=O) groups is 1. The molecule has 0 fully saturated rings. The molecular formula is C11H19NO2. The molecule has 0 aromatic heterocycles. The molecule has 3 nitrogen and oxygen atoms in total. The molecule has 80 valence electrons. The van der Waals surface area contributed by atoms with Crippen LogP contribution in [-0.4, -0.2) is 23.0 Å². The molecule has 0 saturated heterocycles. The second-order valence-corrected chi connectivity index (χ2v) is 3.91. The zero-order valence-electron chi connectivity index (χ0n) is 8.97. The van der Waals surface area contributed by atoms with E-state index in [4.69, 9.17) is 0 Å². The van der Waals surface area contributed by atoms with E-state index in [9.17, 15) is 9.90 Å². The van der Waals surface area contributed by atoms with Crippen LogP contribution in [-0.2, 0) is 4.79 Å². The summed E-state index contributed by atoms with van der Waals surface area (Å²) in [6.45, 7) is 4.21. The van der Waals surface area contributed by atoms with Gasteiger partial charge in [0.2, 0.25) is 0 Å². The largest absolute Gasteiger partial charge is 0.394 e. The maximum Gasteiger partial charge on any atom is 0.157 e. The lowest BCUT2D eigenvalue weighted by molar-refractivity contribution is -0.114. The number of aliphatic hydroxyl groups is 1. The van der Waals surface area contributed by atoms with Gasteiger partial charge in [0.1, 0.15) is 0 Å². The molecule has 2 N–H and O–H groups in total. The van der Waals surface area contributed by atoms with Crippen molar-refractivity contribution in [2.45, 2.75) is 45.1 Å². The fourth-order valence-electron chi connectivity index (χ4n) is 1.73. The van der Waals surface area contributed by atoms with Gasteiger partial charge in [-0.2, -0.15) is 0 Å². The predicted molar refractivity (Wildman–Crippen MR) is 55.9 cm³/mol. The third-order valence-corrected chi connectivity index (χ3v) is 3.06. The van der Waals surface area contributed by atoms with E-state index in [2.05, 4.69) is 5.32 Å². The first-order valence-electron chi connectivity index (χ1n) is 5.28. The maximum absolute atomic E-state index is 11.0. The van der Waals surface area contributed by atoms with E-state index in [1.165, 1.54) is 0 Å². The summed E-state index contributed by atoms with van der Waals surface area (Å²) < 4.78 is 0. The Kier molecular flexibility index (Phi) is 3.69. The summed E-state index contributed by atoms with van der Waals surface area (Å²) in [5.74, 6) is 0.187. The highest BCUT2D eigenvalue weighted by Gasteiger charge is 2.27. The number of aliphatic hydroxyl groups excluding tert-OH is 1. The van der Waals surface area contributed by atoms with E-state index in [-0.39, 0.29) is 17.9 Å². The van der Waals surface area contributed by atoms with Crippen molar-refractivity contribution in [3.8, 4) is 0 Å². The van der Waals surface area contributed by atoms with Gasteiger partial charge < -0.3 is 10.4 Å². The van der Waals surface area contributed by atoms with Crippen LogP contribution in [0.2, 0.25) is 0 Å². The summed E-state index contributed by atoms with van der Waals surface area (Å²) in [6, 6.07) is 0. The van der Waals surface area contributed by atoms with Crippen LogP contribution in [0.1, 0.15) is 39.5 Å². The van der Waals surface area contributed by atoms with Crippen LogP contribution in [0.25, 0.3) is 0 Å². The molecule has 0 radical (unpaired) electrons. The van der Waals surface area contributed by atoms with Crippen LogP contribution in [0.5, 0.6) is 0 Å². The molecule has 14 heavy (non-hydrogen) atoms. The minimum atomic E-state index is -0.240. The zero-order chi connectivity index (χ0) is 10.6. The minimum Gasteiger partial charge on any atom is -0.394 e. The highest BCUT2D eigenvalue weighted by atomic mass is 16.3. The number of hydrogen-bond acceptors (Lipinski definition) is 3. The molecule has 3 heteroatoms. The second kappa shape index (κ2) is 4.60. The van der Waals surface area contributed by atoms with Crippen LogP contribution < -0.4 is 5.32 Å². The van der Waals surface area contributed by atoms with Gasteiger partial charge >= 0.3 is 0 Å². The fourth-order valence-corrected chi connectivity index (χ4v) is 1.73. The Morgan fingerprint density at radius 2 is 2.07 bits per heavy atom. The molecule has 0 unspecified atom stereocenters. The monoisotopic (exact) mass is 197 g/mol. The second-order valence-electron chi connectivity index (χ2n) is 3.91. The van der Waals surface area contributed by atoms with Crippen molar-refractivity contribution >= 4 is 5.78 Å². The van der Waals surface area contributed by atoms with Gasteiger partial charge in [-0.25, -0.2) is 0 Å². The van der Waals surface area contributed by atoms with Crippen molar-refractivity contribution < 1.29 is 9.90 Å². The fraction of sp³-hybridized carbons (Fsp3) is 0.727. The van der Waals surface area contributed by atoms with Crippen molar-refractivity contribution in [2.24, 2.45) is 0 Å². The molecule has 1 aliphatic rings. The highest BCUT2D eigenvalue weighted by molar-refractivity contribution is 5.92. The highest BCUT2D eigenvalue weighted by Crippen LogP contribution is 2.20. The van der Waals surface area contributed by atoms with E-state index in [0.29, 0.717) is 6.42 Å². The topological polar surface area (TPSA) is 49.3 Å². The standard InChI is InChI=1S/C11H19NO2/c1-3-11(4-2,8-13)12-9-5-6-10(14)7-9/h7,12-13H,3-6,8H2,1-2H3. The van der Waals surface area contributed by atoms with Gasteiger partial charge in [-0.1, -0.05) is 13.8 Å². The first-order chi connectivity index (χ1) is 6.65. The lowest BCUT2D eigenvalue weighted by atomic mass is 9.93. The van der Waals surface area contributed by atoms with Gasteiger partial charge in [0, 0.05) is 18.2 Å². The van der Waals surface area contributed by atoms with E-state index < -0.39 is 0 Å². The Balaban J connectivity index is 2.64. The van der Waals surface area contributed by atoms with Crippen LogP contribution in [0.4, 0.5) is 0 Å². The molecule has 0 amide bonds. The molecule has 1 aliphatic carbocycles. The SMILES string of the molecule is CCC(CC)(CO)NC1=CC(=O)CC1. The van der Waals surface area contributed by atoms with Crippen molar-refractivity contribution in [1.29, 1.82) is 0 Å². The Morgan fingerprint density at radius 1 is 1.43 bits per heavy atom. The number of ketones is 1. The number of hydrogen-bond donors (Lipinski definition) is 2. The molecule has 0 aromatic rings. The number of nitrogens with one attached hydrogen (secondary N) is 1. The molecule has 0 heterocycles. The Morgan fingerprint density at radius 3 is 2.43 bits per heavy atom. The molecule has 0 bridgehead atoms. The third kappa shape index (κ3) is 2.35. The van der Waals surface area contributed by atoms with E-state index >= 15 is 0 Å². The molecule has 0 aromatic carbocycles. The first kappa shape index (κ1) is 11.2. The van der Waals surface area contributed by atoms with E-state index in [0.717, 1.165) is 25.0 Å². The summed E-state index contributed by atoms with van der Waals surface area (Å²) in [7, 11) is 0. The Labute approximate surface area is 85.2 Å². The van der Waals surface area contributed by atoms with Crippen molar-refractivity contribution in [3.63, 3.8) is 0 Å². The van der Waals surface area contributed by atoms with Crippen LogP contribution >= 0.6 is 0 Å². The van der Waals surface area contributed by atoms with Gasteiger partial charge in [-0.3, -0.25) is 4.79 Å². The summed E-state index contributed by atoms with van der Waals surface area (Å²) in [4.78, 5) is 11.0. The van der Waals surface area contributed by atoms with Crippen LogP contribution in [0.15, 0.2) is 11.8 Å². The lowest BCUT2D eigenvalue weighted by Crippen LogP contribution is -2.46. The van der Waals surface area contributed by atoms with Gasteiger partial charge in [-0.15, -0.1) is 0 Å².